The Morgan fingerprint density at radius 2 is 0.921 bits per heavy atom. The molecule has 0 aromatic heterocycles. The summed E-state index contributed by atoms with van der Waals surface area (Å²) in [6.45, 7) is 10.7. The zero-order valence-electron chi connectivity index (χ0n) is 27.2. The van der Waals surface area contributed by atoms with Crippen LogP contribution in [0.5, 0.6) is 0 Å². The standard InChI is InChI=1S/C37H70N/c1-7-11-15-16-17-18-19-20-21-22-23-24-25-28-34-38(5,6)37(32-13-9-3,33-14-10-4)36-31-27-26-30-35(36)29-12-8-2/h26-27,30-31H,7-25,28-29,32-34H2,1-6H3/q+1. The SMILES string of the molecule is CCCCCCCCCCCCCCCC[N+](C)(C)C(CCCC)(CCCC)c1ccccc1CCCC. The van der Waals surface area contributed by atoms with Gasteiger partial charge in [-0.3, -0.25) is 0 Å². The molecule has 0 radical (unpaired) electrons. The second kappa shape index (κ2) is 21.9. The molecular formula is C37H70N+. The number of hydrogen-bond acceptors (Lipinski definition) is 0. The third-order valence-electron chi connectivity index (χ3n) is 9.44. The van der Waals surface area contributed by atoms with Gasteiger partial charge in [-0.05, 0) is 44.1 Å². The van der Waals surface area contributed by atoms with Gasteiger partial charge in [0.15, 0.2) is 0 Å². The number of quaternary nitrogens is 1. The summed E-state index contributed by atoms with van der Waals surface area (Å²) in [6.07, 6.45) is 31.9. The maximum Gasteiger partial charge on any atom is 0.125 e. The molecule has 0 fully saturated rings. The first-order chi connectivity index (χ1) is 18.5. The Hall–Kier alpha value is -0.820. The van der Waals surface area contributed by atoms with Crippen LogP contribution in [0.4, 0.5) is 0 Å². The van der Waals surface area contributed by atoms with E-state index < -0.39 is 0 Å². The highest BCUT2D eigenvalue weighted by molar-refractivity contribution is 5.33. The van der Waals surface area contributed by atoms with Crippen molar-refractivity contribution in [1.29, 1.82) is 0 Å². The number of rotatable bonds is 26. The number of aryl methyl sites for hydroxylation is 1. The highest BCUT2D eigenvalue weighted by atomic mass is 15.4. The lowest BCUT2D eigenvalue weighted by molar-refractivity contribution is -0.951. The average molecular weight is 529 g/mol. The normalized spacial score (nSPS) is 12.4. The van der Waals surface area contributed by atoms with Gasteiger partial charge in [-0.2, -0.15) is 0 Å². The smallest absolute Gasteiger partial charge is 0.125 e. The van der Waals surface area contributed by atoms with Crippen LogP contribution in [0, 0.1) is 0 Å². The van der Waals surface area contributed by atoms with Crippen LogP contribution in [0.2, 0.25) is 0 Å². The van der Waals surface area contributed by atoms with Crippen LogP contribution in [-0.2, 0) is 12.0 Å². The highest BCUT2D eigenvalue weighted by Crippen LogP contribution is 2.44. The van der Waals surface area contributed by atoms with E-state index in [4.69, 9.17) is 0 Å². The summed E-state index contributed by atoms with van der Waals surface area (Å²) in [5, 5.41) is 0. The van der Waals surface area contributed by atoms with Gasteiger partial charge in [-0.25, -0.2) is 0 Å². The zero-order valence-corrected chi connectivity index (χ0v) is 27.2. The van der Waals surface area contributed by atoms with E-state index in [1.54, 1.807) is 11.1 Å². The maximum absolute atomic E-state index is 2.57. The van der Waals surface area contributed by atoms with Gasteiger partial charge in [0.25, 0.3) is 0 Å². The van der Waals surface area contributed by atoms with Crippen molar-refractivity contribution < 1.29 is 4.48 Å². The Kier molecular flexibility index (Phi) is 20.3. The van der Waals surface area contributed by atoms with Crippen LogP contribution in [0.25, 0.3) is 0 Å². The lowest BCUT2D eigenvalue weighted by atomic mass is 9.75. The molecule has 0 aliphatic carbocycles. The number of nitrogens with zero attached hydrogens (tertiary/aromatic N) is 1. The van der Waals surface area contributed by atoms with Crippen LogP contribution in [0.3, 0.4) is 0 Å². The number of hydrogen-bond donors (Lipinski definition) is 0. The minimum atomic E-state index is 0.257. The van der Waals surface area contributed by atoms with Crippen molar-refractivity contribution in [1.82, 2.24) is 0 Å². The van der Waals surface area contributed by atoms with E-state index in [1.807, 2.05) is 0 Å². The first-order valence-electron chi connectivity index (χ1n) is 17.4. The molecule has 0 atom stereocenters. The van der Waals surface area contributed by atoms with E-state index in [1.165, 1.54) is 154 Å². The van der Waals surface area contributed by atoms with E-state index in [0.717, 1.165) is 4.48 Å². The van der Waals surface area contributed by atoms with Crippen LogP contribution in [-0.4, -0.2) is 25.1 Å². The Morgan fingerprint density at radius 3 is 1.39 bits per heavy atom. The summed E-state index contributed by atoms with van der Waals surface area (Å²) < 4.78 is 1.16. The molecule has 0 unspecified atom stereocenters. The molecule has 0 aliphatic heterocycles. The fraction of sp³-hybridized carbons (Fsp3) is 0.838. The highest BCUT2D eigenvalue weighted by Gasteiger charge is 2.46. The van der Waals surface area contributed by atoms with Gasteiger partial charge in [0.2, 0.25) is 0 Å². The molecule has 0 spiro atoms. The fourth-order valence-electron chi connectivity index (χ4n) is 6.74. The van der Waals surface area contributed by atoms with Crippen LogP contribution in [0.15, 0.2) is 24.3 Å². The van der Waals surface area contributed by atoms with E-state index >= 15 is 0 Å². The van der Waals surface area contributed by atoms with E-state index in [-0.39, 0.29) is 5.54 Å². The van der Waals surface area contributed by atoms with Crippen molar-refractivity contribution in [3.8, 4) is 0 Å². The third kappa shape index (κ3) is 13.0. The molecule has 1 aromatic carbocycles. The third-order valence-corrected chi connectivity index (χ3v) is 9.44. The number of unbranched alkanes of at least 4 members (excludes halogenated alkanes) is 16. The van der Waals surface area contributed by atoms with Gasteiger partial charge in [-0.1, -0.05) is 148 Å². The summed E-state index contributed by atoms with van der Waals surface area (Å²) in [5.74, 6) is 0. The summed E-state index contributed by atoms with van der Waals surface area (Å²) >= 11 is 0. The second-order valence-corrected chi connectivity index (χ2v) is 13.0. The average Bonchev–Trinajstić information content (AvgIpc) is 2.92. The van der Waals surface area contributed by atoms with Crippen LogP contribution >= 0.6 is 0 Å². The van der Waals surface area contributed by atoms with Crippen molar-refractivity contribution >= 4 is 0 Å². The molecule has 0 saturated carbocycles. The van der Waals surface area contributed by atoms with Crippen LogP contribution in [0.1, 0.15) is 180 Å². The zero-order chi connectivity index (χ0) is 28.0. The molecular weight excluding hydrogens is 458 g/mol. The predicted molar refractivity (Wildman–Crippen MR) is 173 cm³/mol. The molecule has 0 saturated heterocycles. The first-order valence-corrected chi connectivity index (χ1v) is 17.4. The largest absolute Gasteiger partial charge is 0.320 e. The molecule has 0 bridgehead atoms. The Balaban J connectivity index is 2.64. The molecule has 1 rings (SSSR count). The van der Waals surface area contributed by atoms with Crippen molar-refractivity contribution in [2.75, 3.05) is 20.6 Å². The van der Waals surface area contributed by atoms with Gasteiger partial charge in [0.1, 0.15) is 5.54 Å². The predicted octanol–water partition coefficient (Wildman–Crippen LogP) is 12.2. The lowest BCUT2D eigenvalue weighted by Crippen LogP contribution is -2.58. The first kappa shape index (κ1) is 35.2. The topological polar surface area (TPSA) is 0 Å². The fourth-order valence-corrected chi connectivity index (χ4v) is 6.74. The Bertz CT molecular complexity index is 652. The summed E-state index contributed by atoms with van der Waals surface area (Å²) in [6, 6.07) is 9.57. The monoisotopic (exact) mass is 529 g/mol. The van der Waals surface area contributed by atoms with Gasteiger partial charge >= 0.3 is 0 Å². The second-order valence-electron chi connectivity index (χ2n) is 13.0. The van der Waals surface area contributed by atoms with Crippen LogP contribution < -0.4 is 0 Å². The van der Waals surface area contributed by atoms with Gasteiger partial charge in [-0.15, -0.1) is 0 Å². The number of benzene rings is 1. The quantitative estimate of drug-likeness (QED) is 0.0828. The molecule has 0 aliphatic rings. The van der Waals surface area contributed by atoms with Crippen molar-refractivity contribution in [3.63, 3.8) is 0 Å². The van der Waals surface area contributed by atoms with Crippen molar-refractivity contribution in [2.24, 2.45) is 0 Å². The van der Waals surface area contributed by atoms with Gasteiger partial charge < -0.3 is 4.48 Å². The Labute approximate surface area is 241 Å². The van der Waals surface area contributed by atoms with Gasteiger partial charge in [0, 0.05) is 18.4 Å². The molecule has 222 valence electrons. The van der Waals surface area contributed by atoms with Crippen molar-refractivity contribution in [3.05, 3.63) is 35.4 Å². The molecule has 1 aromatic rings. The molecule has 0 amide bonds. The summed E-state index contributed by atoms with van der Waals surface area (Å²) in [4.78, 5) is 0. The van der Waals surface area contributed by atoms with Gasteiger partial charge in [0.05, 0.1) is 20.6 Å². The molecule has 0 heterocycles. The maximum atomic E-state index is 2.57. The van der Waals surface area contributed by atoms with E-state index in [9.17, 15) is 0 Å². The minimum Gasteiger partial charge on any atom is -0.320 e. The lowest BCUT2D eigenvalue weighted by Gasteiger charge is -2.50. The van der Waals surface area contributed by atoms with Crippen molar-refractivity contribution in [2.45, 2.75) is 181 Å². The Morgan fingerprint density at radius 1 is 0.500 bits per heavy atom. The molecule has 0 N–H and O–H groups in total. The summed E-state index contributed by atoms with van der Waals surface area (Å²) in [5.41, 5.74) is 3.58. The molecule has 38 heavy (non-hydrogen) atoms. The van der Waals surface area contributed by atoms with E-state index in [2.05, 4.69) is 66.1 Å². The molecule has 1 nitrogen and oxygen atoms in total. The minimum absolute atomic E-state index is 0.257. The van der Waals surface area contributed by atoms with E-state index in [0.29, 0.717) is 0 Å². The summed E-state index contributed by atoms with van der Waals surface area (Å²) in [7, 11) is 5.15. The molecule has 1 heteroatoms.